The summed E-state index contributed by atoms with van der Waals surface area (Å²) in [6, 6.07) is 0.966. The Labute approximate surface area is 89.4 Å². The molecule has 0 aliphatic heterocycles. The molecular weight excluding hydrogens is 172 g/mol. The molecule has 0 aliphatic rings. The van der Waals surface area contributed by atoms with Gasteiger partial charge in [0.1, 0.15) is 0 Å². The summed E-state index contributed by atoms with van der Waals surface area (Å²) >= 11 is 0. The van der Waals surface area contributed by atoms with Crippen molar-refractivity contribution in [1.82, 2.24) is 4.90 Å². The standard InChI is InChI=1S/C12H26N2/c1-7-9-12(13-10(3)4)14(8-2)11(5)6/h10-11H,7-9H2,1-6H3/b13-12+. The van der Waals surface area contributed by atoms with Crippen LogP contribution in [0.5, 0.6) is 0 Å². The SMILES string of the molecule is CCC/C(=N\C(C)C)N(CC)C(C)C. The number of nitrogens with zero attached hydrogens (tertiary/aromatic N) is 2. The van der Waals surface area contributed by atoms with E-state index in [4.69, 9.17) is 4.99 Å². The van der Waals surface area contributed by atoms with Crippen molar-refractivity contribution in [3.8, 4) is 0 Å². The summed E-state index contributed by atoms with van der Waals surface area (Å²) in [4.78, 5) is 7.09. The average Bonchev–Trinajstić information content (AvgIpc) is 2.03. The van der Waals surface area contributed by atoms with Crippen LogP contribution in [-0.2, 0) is 0 Å². The lowest BCUT2D eigenvalue weighted by Gasteiger charge is -2.29. The molecule has 84 valence electrons. The molecule has 0 aromatic carbocycles. The van der Waals surface area contributed by atoms with Crippen LogP contribution in [0.25, 0.3) is 0 Å². The van der Waals surface area contributed by atoms with Crippen LogP contribution in [0.3, 0.4) is 0 Å². The Bertz CT molecular complexity index is 171. The minimum Gasteiger partial charge on any atom is -0.358 e. The van der Waals surface area contributed by atoms with E-state index in [0.717, 1.165) is 13.0 Å². The van der Waals surface area contributed by atoms with Gasteiger partial charge in [-0.05, 0) is 41.0 Å². The van der Waals surface area contributed by atoms with E-state index in [0.29, 0.717) is 12.1 Å². The van der Waals surface area contributed by atoms with Crippen LogP contribution in [0.4, 0.5) is 0 Å². The number of rotatable bonds is 5. The van der Waals surface area contributed by atoms with Crippen LogP contribution in [0.1, 0.15) is 54.4 Å². The first-order valence-corrected chi connectivity index (χ1v) is 5.86. The Hall–Kier alpha value is -0.530. The third kappa shape index (κ3) is 4.64. The second-order valence-corrected chi connectivity index (χ2v) is 4.27. The number of hydrogen-bond donors (Lipinski definition) is 0. The zero-order valence-corrected chi connectivity index (χ0v) is 10.7. The molecule has 0 atom stereocenters. The minimum atomic E-state index is 0.407. The first-order valence-electron chi connectivity index (χ1n) is 5.86. The molecule has 0 aliphatic carbocycles. The predicted octanol–water partition coefficient (Wildman–Crippen LogP) is 3.32. The fourth-order valence-electron chi connectivity index (χ4n) is 1.65. The Kier molecular flexibility index (Phi) is 6.60. The van der Waals surface area contributed by atoms with Gasteiger partial charge in [-0.25, -0.2) is 0 Å². The topological polar surface area (TPSA) is 15.6 Å². The normalized spacial score (nSPS) is 12.7. The van der Waals surface area contributed by atoms with Crippen molar-refractivity contribution in [2.75, 3.05) is 6.54 Å². The lowest BCUT2D eigenvalue weighted by Crippen LogP contribution is -2.37. The molecule has 0 unspecified atom stereocenters. The van der Waals surface area contributed by atoms with Gasteiger partial charge in [0.25, 0.3) is 0 Å². The Morgan fingerprint density at radius 1 is 1.14 bits per heavy atom. The van der Waals surface area contributed by atoms with E-state index in [1.165, 1.54) is 12.3 Å². The van der Waals surface area contributed by atoms with Crippen LogP contribution in [0.15, 0.2) is 4.99 Å². The van der Waals surface area contributed by atoms with Gasteiger partial charge in [0.05, 0.1) is 5.84 Å². The molecule has 2 nitrogen and oxygen atoms in total. The fourth-order valence-corrected chi connectivity index (χ4v) is 1.65. The van der Waals surface area contributed by atoms with E-state index in [9.17, 15) is 0 Å². The quantitative estimate of drug-likeness (QED) is 0.489. The fraction of sp³-hybridized carbons (Fsp3) is 0.917. The largest absolute Gasteiger partial charge is 0.358 e. The van der Waals surface area contributed by atoms with Crippen LogP contribution in [-0.4, -0.2) is 29.4 Å². The van der Waals surface area contributed by atoms with Crippen molar-refractivity contribution in [3.63, 3.8) is 0 Å². The predicted molar refractivity (Wildman–Crippen MR) is 65.0 cm³/mol. The molecule has 0 aromatic heterocycles. The highest BCUT2D eigenvalue weighted by Gasteiger charge is 2.12. The maximum Gasteiger partial charge on any atom is 0.0994 e. The maximum absolute atomic E-state index is 4.70. The lowest BCUT2D eigenvalue weighted by atomic mass is 10.2. The van der Waals surface area contributed by atoms with Crippen molar-refractivity contribution in [2.45, 2.75) is 66.5 Å². The molecule has 0 radical (unpaired) electrons. The van der Waals surface area contributed by atoms with E-state index < -0.39 is 0 Å². The second kappa shape index (κ2) is 6.86. The third-order valence-corrected chi connectivity index (χ3v) is 2.18. The zero-order valence-electron chi connectivity index (χ0n) is 10.7. The maximum atomic E-state index is 4.70. The summed E-state index contributed by atoms with van der Waals surface area (Å²) < 4.78 is 0. The van der Waals surface area contributed by atoms with Crippen molar-refractivity contribution in [2.24, 2.45) is 4.99 Å². The highest BCUT2D eigenvalue weighted by Crippen LogP contribution is 2.07. The smallest absolute Gasteiger partial charge is 0.0994 e. The third-order valence-electron chi connectivity index (χ3n) is 2.18. The lowest BCUT2D eigenvalue weighted by molar-refractivity contribution is 0.356. The van der Waals surface area contributed by atoms with E-state index in [-0.39, 0.29) is 0 Å². The summed E-state index contributed by atoms with van der Waals surface area (Å²) in [6.07, 6.45) is 2.28. The van der Waals surface area contributed by atoms with Gasteiger partial charge in [-0.2, -0.15) is 0 Å². The summed E-state index contributed by atoms with van der Waals surface area (Å²) in [5.74, 6) is 1.28. The molecule has 0 rings (SSSR count). The van der Waals surface area contributed by atoms with Gasteiger partial charge in [-0.3, -0.25) is 4.99 Å². The van der Waals surface area contributed by atoms with Crippen LogP contribution in [0.2, 0.25) is 0 Å². The van der Waals surface area contributed by atoms with Crippen LogP contribution >= 0.6 is 0 Å². The number of aliphatic imine (C=N–C) groups is 1. The number of amidine groups is 1. The summed E-state index contributed by atoms with van der Waals surface area (Å²) in [5.41, 5.74) is 0. The zero-order chi connectivity index (χ0) is 11.1. The van der Waals surface area contributed by atoms with E-state index in [1.54, 1.807) is 0 Å². The molecule has 0 spiro atoms. The Balaban J connectivity index is 4.60. The minimum absolute atomic E-state index is 0.407. The highest BCUT2D eigenvalue weighted by atomic mass is 15.2. The van der Waals surface area contributed by atoms with Gasteiger partial charge in [0.15, 0.2) is 0 Å². The second-order valence-electron chi connectivity index (χ2n) is 4.27. The van der Waals surface area contributed by atoms with Crippen molar-refractivity contribution >= 4 is 5.84 Å². The molecule has 0 fully saturated rings. The molecule has 2 heteroatoms. The molecule has 0 heterocycles. The van der Waals surface area contributed by atoms with E-state index >= 15 is 0 Å². The summed E-state index contributed by atoms with van der Waals surface area (Å²) in [6.45, 7) is 14.2. The number of hydrogen-bond acceptors (Lipinski definition) is 1. The summed E-state index contributed by atoms with van der Waals surface area (Å²) in [7, 11) is 0. The molecule has 0 saturated carbocycles. The van der Waals surface area contributed by atoms with Gasteiger partial charge in [-0.15, -0.1) is 0 Å². The molecule has 0 amide bonds. The van der Waals surface area contributed by atoms with Crippen LogP contribution < -0.4 is 0 Å². The van der Waals surface area contributed by atoms with E-state index in [2.05, 4.69) is 46.4 Å². The molecule has 0 aromatic rings. The molecule has 0 bridgehead atoms. The first kappa shape index (κ1) is 13.5. The van der Waals surface area contributed by atoms with E-state index in [1.807, 2.05) is 0 Å². The molecule has 0 N–H and O–H groups in total. The summed E-state index contributed by atoms with van der Waals surface area (Å²) in [5, 5.41) is 0. The Morgan fingerprint density at radius 2 is 1.71 bits per heavy atom. The monoisotopic (exact) mass is 198 g/mol. The van der Waals surface area contributed by atoms with Gasteiger partial charge in [0.2, 0.25) is 0 Å². The van der Waals surface area contributed by atoms with Crippen molar-refractivity contribution in [3.05, 3.63) is 0 Å². The van der Waals surface area contributed by atoms with Gasteiger partial charge >= 0.3 is 0 Å². The Morgan fingerprint density at radius 3 is 2.00 bits per heavy atom. The average molecular weight is 198 g/mol. The molecular formula is C12H26N2. The molecule has 0 saturated heterocycles. The first-order chi connectivity index (χ1) is 6.52. The van der Waals surface area contributed by atoms with Gasteiger partial charge in [-0.1, -0.05) is 6.92 Å². The van der Waals surface area contributed by atoms with Crippen LogP contribution in [0, 0.1) is 0 Å². The van der Waals surface area contributed by atoms with Gasteiger partial charge < -0.3 is 4.90 Å². The highest BCUT2D eigenvalue weighted by molar-refractivity contribution is 5.82. The van der Waals surface area contributed by atoms with Crippen molar-refractivity contribution < 1.29 is 0 Å². The molecule has 14 heavy (non-hydrogen) atoms. The van der Waals surface area contributed by atoms with Crippen molar-refractivity contribution in [1.29, 1.82) is 0 Å². The van der Waals surface area contributed by atoms with Gasteiger partial charge in [0, 0.05) is 25.0 Å².